The average Bonchev–Trinajstić information content (AvgIpc) is 2.33. The van der Waals surface area contributed by atoms with Crippen molar-refractivity contribution in [2.75, 3.05) is 12.8 Å². The van der Waals surface area contributed by atoms with E-state index in [2.05, 4.69) is 20.7 Å². The molecule has 2 N–H and O–H groups in total. The Morgan fingerprint density at radius 3 is 2.42 bits per heavy atom. The predicted octanol–water partition coefficient (Wildman–Crippen LogP) is 2.52. The van der Waals surface area contributed by atoms with Gasteiger partial charge in [0.25, 0.3) is 0 Å². The molecular weight excluding hydrogens is 321 g/mol. The monoisotopic (exact) mass is 333 g/mol. The van der Waals surface area contributed by atoms with Crippen LogP contribution >= 0.6 is 15.9 Å². The fraction of sp³-hybridized carbons (Fsp3) is 0.333. The molecule has 0 atom stereocenters. The lowest BCUT2D eigenvalue weighted by molar-refractivity contribution is 0.0369. The molecule has 0 unspecified atom stereocenters. The quantitative estimate of drug-likeness (QED) is 0.679. The Morgan fingerprint density at radius 2 is 1.95 bits per heavy atom. The molecule has 0 aliphatic carbocycles. The van der Waals surface area contributed by atoms with E-state index in [4.69, 9.17) is 10.5 Å². The van der Waals surface area contributed by atoms with E-state index in [0.29, 0.717) is 0 Å². The maximum Gasteiger partial charge on any atom is 0.341 e. The molecule has 1 aromatic carbocycles. The van der Waals surface area contributed by atoms with E-state index >= 15 is 0 Å². The molecule has 0 heterocycles. The number of esters is 2. The highest BCUT2D eigenvalue weighted by atomic mass is 79.9. The minimum atomic E-state index is -0.867. The molecule has 0 aliphatic rings. The van der Waals surface area contributed by atoms with Crippen LogP contribution in [-0.2, 0) is 9.47 Å². The van der Waals surface area contributed by atoms with Crippen molar-refractivity contribution < 1.29 is 23.5 Å². The van der Waals surface area contributed by atoms with Crippen molar-refractivity contribution in [2.24, 2.45) is 0 Å². The van der Waals surface area contributed by atoms with E-state index in [-0.39, 0.29) is 21.3 Å². The highest BCUT2D eigenvalue weighted by molar-refractivity contribution is 9.10. The van der Waals surface area contributed by atoms with Crippen LogP contribution in [0.25, 0.3) is 0 Å². The summed E-state index contributed by atoms with van der Waals surface area (Å²) in [5.41, 5.74) is 4.97. The molecule has 0 spiro atoms. The summed E-state index contributed by atoms with van der Waals surface area (Å²) < 4.78 is 22.9. The number of methoxy groups -OCH3 is 1. The van der Waals surface area contributed by atoms with Crippen molar-refractivity contribution in [3.63, 3.8) is 0 Å². The summed E-state index contributed by atoms with van der Waals surface area (Å²) in [6.45, 7) is 3.29. The molecular formula is C12H13BrFNO4. The number of ether oxygens (including phenoxy) is 2. The Hall–Kier alpha value is -1.63. The van der Waals surface area contributed by atoms with Gasteiger partial charge in [0, 0.05) is 0 Å². The third-order valence-corrected chi connectivity index (χ3v) is 3.01. The third-order valence-electron chi connectivity index (χ3n) is 2.21. The van der Waals surface area contributed by atoms with E-state index in [9.17, 15) is 14.0 Å². The maximum atomic E-state index is 13.6. The van der Waals surface area contributed by atoms with Gasteiger partial charge in [0.2, 0.25) is 0 Å². The van der Waals surface area contributed by atoms with Gasteiger partial charge in [-0.3, -0.25) is 0 Å². The van der Waals surface area contributed by atoms with E-state index in [1.807, 2.05) is 0 Å². The van der Waals surface area contributed by atoms with Gasteiger partial charge < -0.3 is 15.2 Å². The molecule has 19 heavy (non-hydrogen) atoms. The summed E-state index contributed by atoms with van der Waals surface area (Å²) in [6.07, 6.45) is -0.402. The number of rotatable bonds is 3. The van der Waals surface area contributed by atoms with Crippen LogP contribution < -0.4 is 5.73 Å². The molecule has 0 fully saturated rings. The van der Waals surface area contributed by atoms with Gasteiger partial charge in [-0.25, -0.2) is 14.0 Å². The Kier molecular flexibility index (Phi) is 4.88. The topological polar surface area (TPSA) is 78.6 Å². The van der Waals surface area contributed by atoms with Crippen LogP contribution in [0.3, 0.4) is 0 Å². The zero-order valence-corrected chi connectivity index (χ0v) is 12.2. The van der Waals surface area contributed by atoms with Gasteiger partial charge >= 0.3 is 11.9 Å². The Bertz CT molecular complexity index is 531. The Morgan fingerprint density at radius 1 is 1.37 bits per heavy atom. The van der Waals surface area contributed by atoms with Gasteiger partial charge in [0.15, 0.2) is 0 Å². The van der Waals surface area contributed by atoms with Gasteiger partial charge in [-0.05, 0) is 35.8 Å². The normalized spacial score (nSPS) is 10.4. The van der Waals surface area contributed by atoms with Crippen LogP contribution in [0.5, 0.6) is 0 Å². The molecule has 0 saturated heterocycles. The molecule has 5 nitrogen and oxygen atoms in total. The van der Waals surface area contributed by atoms with Crippen LogP contribution in [-0.4, -0.2) is 25.2 Å². The number of nitrogens with two attached hydrogens (primary N) is 1. The zero-order valence-electron chi connectivity index (χ0n) is 10.6. The van der Waals surface area contributed by atoms with Gasteiger partial charge in [-0.15, -0.1) is 0 Å². The Labute approximate surface area is 118 Å². The van der Waals surface area contributed by atoms with E-state index in [1.54, 1.807) is 13.8 Å². The minimum absolute atomic E-state index is 0.101. The van der Waals surface area contributed by atoms with E-state index in [0.717, 1.165) is 13.2 Å². The van der Waals surface area contributed by atoms with Crippen molar-refractivity contribution in [1.29, 1.82) is 0 Å². The van der Waals surface area contributed by atoms with Crippen LogP contribution in [0, 0.1) is 5.82 Å². The summed E-state index contributed by atoms with van der Waals surface area (Å²) in [7, 11) is 1.12. The number of carbonyl (C=O) groups is 2. The van der Waals surface area contributed by atoms with Crippen LogP contribution in [0.15, 0.2) is 10.5 Å². The second-order valence-corrected chi connectivity index (χ2v) is 4.75. The lowest BCUT2D eigenvalue weighted by atomic mass is 10.1. The number of halogens is 2. The SMILES string of the molecule is COC(=O)c1cc(F)c(Br)c(N)c1C(=O)OC(C)C. The van der Waals surface area contributed by atoms with Crippen LogP contribution in [0.4, 0.5) is 10.1 Å². The van der Waals surface area contributed by atoms with Crippen molar-refractivity contribution >= 4 is 33.6 Å². The summed E-state index contributed by atoms with van der Waals surface area (Å²) >= 11 is 2.91. The zero-order chi connectivity index (χ0) is 14.7. The minimum Gasteiger partial charge on any atom is -0.465 e. The van der Waals surface area contributed by atoms with E-state index < -0.39 is 23.9 Å². The van der Waals surface area contributed by atoms with Crippen molar-refractivity contribution in [3.8, 4) is 0 Å². The first-order valence-electron chi connectivity index (χ1n) is 5.36. The first-order valence-corrected chi connectivity index (χ1v) is 6.15. The molecule has 0 radical (unpaired) electrons. The molecule has 0 amide bonds. The van der Waals surface area contributed by atoms with Gasteiger partial charge in [-0.2, -0.15) is 0 Å². The number of carbonyl (C=O) groups excluding carboxylic acids is 2. The van der Waals surface area contributed by atoms with E-state index in [1.165, 1.54) is 0 Å². The Balaban J connectivity index is 3.46. The van der Waals surface area contributed by atoms with Crippen LogP contribution in [0.1, 0.15) is 34.6 Å². The summed E-state index contributed by atoms with van der Waals surface area (Å²) in [5, 5.41) is 0. The van der Waals surface area contributed by atoms with Gasteiger partial charge in [0.05, 0.1) is 34.5 Å². The number of hydrogen-bond donors (Lipinski definition) is 1. The number of hydrogen-bond acceptors (Lipinski definition) is 5. The maximum absolute atomic E-state index is 13.6. The van der Waals surface area contributed by atoms with Gasteiger partial charge in [0.1, 0.15) is 5.82 Å². The second-order valence-electron chi connectivity index (χ2n) is 3.95. The second kappa shape index (κ2) is 6.01. The first-order chi connectivity index (χ1) is 8.79. The molecule has 0 saturated carbocycles. The van der Waals surface area contributed by atoms with Crippen LogP contribution in [0.2, 0.25) is 0 Å². The molecule has 0 aliphatic heterocycles. The first kappa shape index (κ1) is 15.4. The molecule has 0 bridgehead atoms. The summed E-state index contributed by atoms with van der Waals surface area (Å²) in [4.78, 5) is 23.5. The fourth-order valence-corrected chi connectivity index (χ4v) is 1.72. The molecule has 104 valence electrons. The summed E-state index contributed by atoms with van der Waals surface area (Å²) in [6, 6.07) is 0.878. The third kappa shape index (κ3) is 3.23. The highest BCUT2D eigenvalue weighted by Crippen LogP contribution is 2.31. The lowest BCUT2D eigenvalue weighted by Crippen LogP contribution is -2.19. The van der Waals surface area contributed by atoms with Gasteiger partial charge in [-0.1, -0.05) is 0 Å². The highest BCUT2D eigenvalue weighted by Gasteiger charge is 2.26. The number of benzene rings is 1. The predicted molar refractivity (Wildman–Crippen MR) is 70.4 cm³/mol. The molecule has 1 rings (SSSR count). The fourth-order valence-electron chi connectivity index (χ4n) is 1.41. The molecule has 1 aromatic rings. The van der Waals surface area contributed by atoms with Crippen molar-refractivity contribution in [1.82, 2.24) is 0 Å². The largest absolute Gasteiger partial charge is 0.465 e. The summed E-state index contributed by atoms with van der Waals surface area (Å²) in [5.74, 6) is -2.44. The number of nitrogen functional groups attached to an aromatic ring is 1. The van der Waals surface area contributed by atoms with Crippen molar-refractivity contribution in [3.05, 3.63) is 27.5 Å². The van der Waals surface area contributed by atoms with Crippen molar-refractivity contribution in [2.45, 2.75) is 20.0 Å². The smallest absolute Gasteiger partial charge is 0.341 e. The number of anilines is 1. The lowest BCUT2D eigenvalue weighted by Gasteiger charge is -2.14. The molecule has 7 heteroatoms. The molecule has 0 aromatic heterocycles. The average molecular weight is 334 g/mol. The standard InChI is InChI=1S/C12H13BrFNO4/c1-5(2)19-12(17)8-6(11(16)18-3)4-7(14)9(13)10(8)15/h4-5H,15H2,1-3H3.